The molecule has 0 fully saturated rings. The van der Waals surface area contributed by atoms with Crippen molar-refractivity contribution in [3.63, 3.8) is 0 Å². The van der Waals surface area contributed by atoms with Gasteiger partial charge in [0.1, 0.15) is 0 Å². The van der Waals surface area contributed by atoms with Gasteiger partial charge in [0.2, 0.25) is 0 Å². The molecule has 6 heteroatoms. The first-order valence-corrected chi connectivity index (χ1v) is 17.2. The van der Waals surface area contributed by atoms with Crippen molar-refractivity contribution in [2.45, 2.75) is 92.9 Å². The molecule has 238 valence electrons. The molecule has 0 spiro atoms. The third-order valence-electron chi connectivity index (χ3n) is 10.4. The zero-order chi connectivity index (χ0) is 32.3. The summed E-state index contributed by atoms with van der Waals surface area (Å²) < 4.78 is 0. The van der Waals surface area contributed by atoms with Crippen LogP contribution in [0.15, 0.2) is 12.1 Å². The minimum atomic E-state index is -0.0621. The summed E-state index contributed by atoms with van der Waals surface area (Å²) in [6.45, 7) is 13.4. The van der Waals surface area contributed by atoms with E-state index in [1.165, 1.54) is 44.1 Å². The summed E-state index contributed by atoms with van der Waals surface area (Å²) in [5, 5.41) is 29.3. The number of unbranched alkanes of at least 4 members (excludes halogenated alkanes) is 2. The Kier molecular flexibility index (Phi) is 7.62. The fraction of sp³-hybridized carbons (Fsp3) is 0.350. The smallest absolute Gasteiger partial charge is 0.166 e. The topological polar surface area (TPSA) is 104 Å². The van der Waals surface area contributed by atoms with E-state index in [4.69, 9.17) is 0 Å². The van der Waals surface area contributed by atoms with Gasteiger partial charge in [-0.25, -0.2) is 0 Å². The third kappa shape index (κ3) is 4.60. The molecule has 6 nitrogen and oxygen atoms in total. The Balaban J connectivity index is 1.66. The standard InChI is InChI=1S/C40H46N4O2/c1-7-11-13-25-21(5)29-17-35-37-27-15-16-28(40(46)39(27)45)38(37)36(44-35)18-30-22(6)26(14-12-8-2)34(42-30)20-32-24(10-4)23(9-3)31(43-32)19-33(25)41-29/h15-20,41-46H,7-14H2,1-6H3. The number of nitrogens with one attached hydrogen (secondary N) is 4. The average molecular weight is 615 g/mol. The lowest BCUT2D eigenvalue weighted by atomic mass is 9.98. The van der Waals surface area contributed by atoms with E-state index in [-0.39, 0.29) is 11.5 Å². The normalized spacial score (nSPS) is 12.8. The SMILES string of the molecule is CCCCc1c2[nH]c(c1C)C=c1[nH]c(c3c4ccc(c(O)c4O)c13)=Cc1[nH]c(c(CCCC)c1C)C=c1[nH]c(c(CC)c1CC)=C2. The van der Waals surface area contributed by atoms with E-state index in [1.54, 1.807) is 0 Å². The van der Waals surface area contributed by atoms with Gasteiger partial charge in [-0.1, -0.05) is 40.5 Å². The molecule has 4 aromatic heterocycles. The van der Waals surface area contributed by atoms with E-state index in [1.807, 2.05) is 12.1 Å². The number of hydrogen-bond acceptors (Lipinski definition) is 2. The molecular formula is C40H46N4O2. The Labute approximate surface area is 269 Å². The Morgan fingerprint density at radius 1 is 0.500 bits per heavy atom. The molecule has 0 amide bonds. The predicted molar refractivity (Wildman–Crippen MR) is 191 cm³/mol. The van der Waals surface area contributed by atoms with Gasteiger partial charge >= 0.3 is 0 Å². The number of phenols is 4. The predicted octanol–water partition coefficient (Wildman–Crippen LogP) is 6.21. The molecule has 46 heavy (non-hydrogen) atoms. The molecule has 5 heterocycles. The second kappa shape index (κ2) is 11.7. The maximum atomic E-state index is 11.0. The third-order valence-corrected chi connectivity index (χ3v) is 10.4. The molecule has 0 atom stereocenters. The van der Waals surface area contributed by atoms with Gasteiger partial charge < -0.3 is 30.1 Å². The molecule has 10 bridgehead atoms. The number of benzene rings is 3. The van der Waals surface area contributed by atoms with Crippen molar-refractivity contribution in [1.29, 1.82) is 0 Å². The van der Waals surface area contributed by atoms with Gasteiger partial charge in [0.15, 0.2) is 11.5 Å². The number of aromatic nitrogens is 4. The van der Waals surface area contributed by atoms with Crippen molar-refractivity contribution >= 4 is 45.8 Å². The van der Waals surface area contributed by atoms with Crippen LogP contribution >= 0.6 is 0 Å². The number of aromatic hydroxyl groups is 2. The maximum absolute atomic E-state index is 11.0. The van der Waals surface area contributed by atoms with Crippen LogP contribution in [0, 0.1) is 13.8 Å². The molecular weight excluding hydrogens is 568 g/mol. The zero-order valence-corrected chi connectivity index (χ0v) is 28.0. The first kappa shape index (κ1) is 30.1. The Bertz CT molecular complexity index is 2190. The van der Waals surface area contributed by atoms with Gasteiger partial charge in [0.25, 0.3) is 0 Å². The number of phenolic OH excluding ortho intramolecular Hbond substituents is 2. The molecule has 0 unspecified atom stereocenters. The molecule has 3 aromatic carbocycles. The largest absolute Gasteiger partial charge is 0.504 e. The van der Waals surface area contributed by atoms with Crippen molar-refractivity contribution in [2.75, 3.05) is 0 Å². The first-order valence-electron chi connectivity index (χ1n) is 17.2. The van der Waals surface area contributed by atoms with E-state index in [2.05, 4.69) is 85.8 Å². The van der Waals surface area contributed by atoms with Crippen LogP contribution in [0.4, 0.5) is 0 Å². The molecule has 1 aliphatic rings. The van der Waals surface area contributed by atoms with Crippen LogP contribution < -0.4 is 21.4 Å². The van der Waals surface area contributed by atoms with E-state index in [0.29, 0.717) is 10.8 Å². The average Bonchev–Trinajstić information content (AvgIpc) is 3.75. The highest BCUT2D eigenvalue weighted by Crippen LogP contribution is 2.42. The lowest BCUT2D eigenvalue weighted by molar-refractivity contribution is 0.412. The monoisotopic (exact) mass is 614 g/mol. The second-order valence-electron chi connectivity index (χ2n) is 13.1. The second-order valence-corrected chi connectivity index (χ2v) is 13.1. The molecule has 6 N–H and O–H groups in total. The van der Waals surface area contributed by atoms with Crippen LogP contribution in [0.3, 0.4) is 0 Å². The summed E-state index contributed by atoms with van der Waals surface area (Å²) >= 11 is 0. The van der Waals surface area contributed by atoms with E-state index < -0.39 is 0 Å². The van der Waals surface area contributed by atoms with Crippen molar-refractivity contribution in [3.05, 3.63) is 89.7 Å². The van der Waals surface area contributed by atoms with E-state index in [0.717, 1.165) is 95.6 Å². The van der Waals surface area contributed by atoms with Gasteiger partial charge in [-0.3, -0.25) is 0 Å². The highest BCUT2D eigenvalue weighted by atomic mass is 16.3. The van der Waals surface area contributed by atoms with Gasteiger partial charge in [-0.05, 0) is 122 Å². The van der Waals surface area contributed by atoms with Crippen molar-refractivity contribution < 1.29 is 10.2 Å². The summed E-state index contributed by atoms with van der Waals surface area (Å²) in [5.41, 5.74) is 12.3. The zero-order valence-electron chi connectivity index (χ0n) is 28.0. The lowest BCUT2D eigenvalue weighted by Crippen LogP contribution is -2.13. The van der Waals surface area contributed by atoms with Crippen LogP contribution in [0.25, 0.3) is 45.8 Å². The fourth-order valence-electron chi connectivity index (χ4n) is 7.80. The van der Waals surface area contributed by atoms with Crippen molar-refractivity contribution in [3.8, 4) is 11.5 Å². The number of H-pyrrole nitrogens is 4. The maximum Gasteiger partial charge on any atom is 0.166 e. The van der Waals surface area contributed by atoms with Gasteiger partial charge in [0, 0.05) is 65.7 Å². The highest BCUT2D eigenvalue weighted by Gasteiger charge is 2.21. The molecule has 1 aliphatic heterocycles. The molecule has 7 aromatic rings. The minimum absolute atomic E-state index is 0.0621. The summed E-state index contributed by atoms with van der Waals surface area (Å²) in [6, 6.07) is 3.82. The van der Waals surface area contributed by atoms with Crippen LogP contribution in [0.5, 0.6) is 11.5 Å². The molecule has 0 saturated heterocycles. The van der Waals surface area contributed by atoms with Crippen LogP contribution in [-0.4, -0.2) is 30.1 Å². The molecule has 0 saturated carbocycles. The van der Waals surface area contributed by atoms with Gasteiger partial charge in [-0.2, -0.15) is 0 Å². The summed E-state index contributed by atoms with van der Waals surface area (Å²) in [7, 11) is 0. The van der Waals surface area contributed by atoms with Crippen molar-refractivity contribution in [1.82, 2.24) is 19.9 Å². The number of rotatable bonds is 8. The molecule has 0 aliphatic carbocycles. The van der Waals surface area contributed by atoms with Crippen LogP contribution in [0.1, 0.15) is 110 Å². The van der Waals surface area contributed by atoms with Crippen LogP contribution in [0.2, 0.25) is 0 Å². The number of hydrogen-bond donors (Lipinski definition) is 6. The van der Waals surface area contributed by atoms with E-state index in [9.17, 15) is 10.2 Å². The minimum Gasteiger partial charge on any atom is -0.504 e. The Morgan fingerprint density at radius 3 is 1.28 bits per heavy atom. The van der Waals surface area contributed by atoms with Crippen LogP contribution in [-0.2, 0) is 25.7 Å². The first-order chi connectivity index (χ1) is 22.3. The molecule has 8 rings (SSSR count). The number of fused-ring (bicyclic) bond motifs is 10. The Morgan fingerprint density at radius 2 is 0.891 bits per heavy atom. The van der Waals surface area contributed by atoms with Crippen molar-refractivity contribution in [2.24, 2.45) is 0 Å². The summed E-state index contributed by atoms with van der Waals surface area (Å²) in [6.07, 6.45) is 17.4. The van der Waals surface area contributed by atoms with Gasteiger partial charge in [-0.15, -0.1) is 0 Å². The Hall–Kier alpha value is -4.58. The lowest BCUT2D eigenvalue weighted by Gasteiger charge is -2.08. The molecule has 0 radical (unpaired) electrons. The number of aromatic amines is 4. The summed E-state index contributed by atoms with van der Waals surface area (Å²) in [4.78, 5) is 15.2. The fourth-order valence-corrected chi connectivity index (χ4v) is 7.80. The van der Waals surface area contributed by atoms with E-state index >= 15 is 0 Å². The van der Waals surface area contributed by atoms with Gasteiger partial charge in [0.05, 0.1) is 0 Å². The highest BCUT2D eigenvalue weighted by molar-refractivity contribution is 6.16. The summed E-state index contributed by atoms with van der Waals surface area (Å²) in [5.74, 6) is -0.124. The quantitative estimate of drug-likeness (QED) is 0.115.